The van der Waals surface area contributed by atoms with Crippen molar-refractivity contribution in [1.82, 2.24) is 14.5 Å². The van der Waals surface area contributed by atoms with Crippen LogP contribution in [0.4, 0.5) is 0 Å². The summed E-state index contributed by atoms with van der Waals surface area (Å²) in [6.07, 6.45) is 5.58. The molecule has 0 radical (unpaired) electrons. The van der Waals surface area contributed by atoms with E-state index in [0.29, 0.717) is 36.2 Å². The molecule has 0 spiro atoms. The topological polar surface area (TPSA) is 61.9 Å². The molecule has 2 fully saturated rings. The Morgan fingerprint density at radius 1 is 1.15 bits per heavy atom. The maximum atomic E-state index is 13.0. The second-order valence-electron chi connectivity index (χ2n) is 7.50. The van der Waals surface area contributed by atoms with E-state index in [0.717, 1.165) is 45.3 Å². The first-order chi connectivity index (χ1) is 13.0. The highest BCUT2D eigenvalue weighted by Crippen LogP contribution is 2.26. The number of aryl methyl sites for hydroxylation is 2. The molecule has 6 nitrogen and oxygen atoms in total. The number of nitrogens with one attached hydrogen (secondary N) is 1. The van der Waals surface area contributed by atoms with Gasteiger partial charge in [0.2, 0.25) is 10.0 Å². The van der Waals surface area contributed by atoms with Crippen LogP contribution in [0.3, 0.4) is 0 Å². The van der Waals surface area contributed by atoms with Crippen molar-refractivity contribution in [3.8, 4) is 0 Å². The highest BCUT2D eigenvalue weighted by Gasteiger charge is 2.30. The Labute approximate surface area is 166 Å². The number of fused-ring (bicyclic) bond motifs is 1. The van der Waals surface area contributed by atoms with Gasteiger partial charge >= 0.3 is 0 Å². The molecule has 0 bridgehead atoms. The molecule has 0 amide bonds. The summed E-state index contributed by atoms with van der Waals surface area (Å²) in [6, 6.07) is 5.62. The van der Waals surface area contributed by atoms with E-state index >= 15 is 0 Å². The number of sulfonamides is 1. The Kier molecular flexibility index (Phi) is 5.68. The van der Waals surface area contributed by atoms with Crippen LogP contribution in [0, 0.1) is 0 Å². The molecule has 0 aromatic heterocycles. The minimum atomic E-state index is -3.44. The van der Waals surface area contributed by atoms with Crippen molar-refractivity contribution in [2.45, 2.75) is 43.1 Å². The van der Waals surface area contributed by atoms with E-state index < -0.39 is 10.0 Å². The van der Waals surface area contributed by atoms with E-state index in [1.165, 1.54) is 11.1 Å². The van der Waals surface area contributed by atoms with Gasteiger partial charge in [-0.25, -0.2) is 8.42 Å². The third-order valence-electron chi connectivity index (χ3n) is 5.74. The Morgan fingerprint density at radius 3 is 2.67 bits per heavy atom. The molecule has 0 saturated carbocycles. The van der Waals surface area contributed by atoms with Gasteiger partial charge in [0, 0.05) is 39.3 Å². The lowest BCUT2D eigenvalue weighted by Gasteiger charge is -2.35. The molecule has 2 heterocycles. The van der Waals surface area contributed by atoms with Crippen LogP contribution in [0.5, 0.6) is 0 Å². The molecule has 0 unspecified atom stereocenters. The maximum absolute atomic E-state index is 13.0. The second kappa shape index (κ2) is 8.03. The third-order valence-corrected chi connectivity index (χ3v) is 8.04. The van der Waals surface area contributed by atoms with Crippen molar-refractivity contribution in [1.29, 1.82) is 0 Å². The zero-order valence-corrected chi connectivity index (χ0v) is 17.2. The van der Waals surface area contributed by atoms with Crippen LogP contribution in [0.15, 0.2) is 23.1 Å². The van der Waals surface area contributed by atoms with Crippen LogP contribution in [0.2, 0.25) is 0 Å². The fraction of sp³-hybridized carbons (Fsp3) is 0.632. The first-order valence-corrected chi connectivity index (χ1v) is 11.7. The molecule has 1 aromatic carbocycles. The molecule has 1 aliphatic carbocycles. The van der Waals surface area contributed by atoms with E-state index in [2.05, 4.69) is 10.2 Å². The van der Waals surface area contributed by atoms with E-state index in [-0.39, 0.29) is 6.10 Å². The molecule has 27 heavy (non-hydrogen) atoms. The lowest BCUT2D eigenvalue weighted by molar-refractivity contribution is 0.113. The molecule has 1 aromatic rings. The predicted octanol–water partition coefficient (Wildman–Crippen LogP) is 1.54. The highest BCUT2D eigenvalue weighted by molar-refractivity contribution is 7.89. The van der Waals surface area contributed by atoms with Gasteiger partial charge < -0.3 is 15.0 Å². The van der Waals surface area contributed by atoms with Crippen LogP contribution in [0.1, 0.15) is 30.4 Å². The van der Waals surface area contributed by atoms with Crippen molar-refractivity contribution in [3.63, 3.8) is 0 Å². The zero-order chi connectivity index (χ0) is 18.9. The standard InChI is InChI=1S/C19H27N3O3S2/c23-27(24,18-7-6-15-3-1-4-16(15)13-18)22-10-8-21(9-11-22)19(26)20-14-17-5-2-12-25-17/h6-7,13,17H,1-5,8-12,14H2,(H,20,26)/t17-/m1/s1. The molecule has 148 valence electrons. The monoisotopic (exact) mass is 409 g/mol. The first kappa shape index (κ1) is 19.1. The fourth-order valence-corrected chi connectivity index (χ4v) is 5.85. The van der Waals surface area contributed by atoms with Gasteiger partial charge in [0.15, 0.2) is 5.11 Å². The van der Waals surface area contributed by atoms with Crippen LogP contribution >= 0.6 is 12.2 Å². The van der Waals surface area contributed by atoms with Crippen molar-refractivity contribution >= 4 is 27.4 Å². The molecular formula is C19H27N3O3S2. The predicted molar refractivity (Wildman–Crippen MR) is 108 cm³/mol. The molecule has 8 heteroatoms. The SMILES string of the molecule is O=S(=O)(c1ccc2c(c1)CCC2)N1CCN(C(=S)NC[C@H]2CCCO2)CC1. The van der Waals surface area contributed by atoms with E-state index in [9.17, 15) is 8.42 Å². The van der Waals surface area contributed by atoms with E-state index in [1.54, 1.807) is 10.4 Å². The van der Waals surface area contributed by atoms with Gasteiger partial charge in [-0.2, -0.15) is 4.31 Å². The van der Waals surface area contributed by atoms with Gasteiger partial charge in [-0.15, -0.1) is 0 Å². The summed E-state index contributed by atoms with van der Waals surface area (Å²) in [4.78, 5) is 2.48. The van der Waals surface area contributed by atoms with Gasteiger partial charge in [0.05, 0.1) is 11.0 Å². The lowest BCUT2D eigenvalue weighted by atomic mass is 10.1. The normalized spacial score (nSPS) is 23.4. The quantitative estimate of drug-likeness (QED) is 0.761. The van der Waals surface area contributed by atoms with E-state index in [1.807, 2.05) is 12.1 Å². The summed E-state index contributed by atoms with van der Waals surface area (Å²) in [7, 11) is -3.44. The number of thiocarbonyl (C=S) groups is 1. The average molecular weight is 410 g/mol. The van der Waals surface area contributed by atoms with Crippen molar-refractivity contribution in [2.24, 2.45) is 0 Å². The largest absolute Gasteiger partial charge is 0.376 e. The average Bonchev–Trinajstić information content (AvgIpc) is 3.37. The van der Waals surface area contributed by atoms with Crippen molar-refractivity contribution < 1.29 is 13.2 Å². The molecule has 2 aliphatic heterocycles. The smallest absolute Gasteiger partial charge is 0.243 e. The Balaban J connectivity index is 1.33. The van der Waals surface area contributed by atoms with Gasteiger partial charge in [-0.05, 0) is 67.6 Å². The summed E-state index contributed by atoms with van der Waals surface area (Å²) in [5.41, 5.74) is 2.48. The van der Waals surface area contributed by atoms with Crippen LogP contribution in [-0.2, 0) is 27.6 Å². The van der Waals surface area contributed by atoms with Crippen molar-refractivity contribution in [3.05, 3.63) is 29.3 Å². The number of hydrogen-bond donors (Lipinski definition) is 1. The molecule has 4 rings (SSSR count). The summed E-state index contributed by atoms with van der Waals surface area (Å²) in [5.74, 6) is 0. The number of benzene rings is 1. The molecule has 1 atom stereocenters. The number of hydrogen-bond acceptors (Lipinski definition) is 4. The molecule has 1 N–H and O–H groups in total. The minimum Gasteiger partial charge on any atom is -0.376 e. The maximum Gasteiger partial charge on any atom is 0.243 e. The Bertz CT molecular complexity index is 798. The van der Waals surface area contributed by atoms with Crippen LogP contribution < -0.4 is 5.32 Å². The summed E-state index contributed by atoms with van der Waals surface area (Å²) in [5, 5.41) is 3.97. The molecule has 2 saturated heterocycles. The van der Waals surface area contributed by atoms with Gasteiger partial charge in [-0.3, -0.25) is 0 Å². The highest BCUT2D eigenvalue weighted by atomic mass is 32.2. The Hall–Kier alpha value is -1.22. The van der Waals surface area contributed by atoms with Crippen LogP contribution in [-0.4, -0.2) is 68.2 Å². The van der Waals surface area contributed by atoms with Gasteiger partial charge in [-0.1, -0.05) is 6.07 Å². The number of nitrogens with zero attached hydrogens (tertiary/aromatic N) is 2. The lowest BCUT2D eigenvalue weighted by Crippen LogP contribution is -2.53. The summed E-state index contributed by atoms with van der Waals surface area (Å²) in [6.45, 7) is 3.70. The Morgan fingerprint density at radius 2 is 1.93 bits per heavy atom. The summed E-state index contributed by atoms with van der Waals surface area (Å²) < 4.78 is 33.2. The van der Waals surface area contributed by atoms with E-state index in [4.69, 9.17) is 17.0 Å². The second-order valence-corrected chi connectivity index (χ2v) is 9.82. The van der Waals surface area contributed by atoms with Crippen LogP contribution in [0.25, 0.3) is 0 Å². The van der Waals surface area contributed by atoms with Gasteiger partial charge in [0.1, 0.15) is 0 Å². The number of rotatable bonds is 4. The summed E-state index contributed by atoms with van der Waals surface area (Å²) >= 11 is 5.48. The molecule has 3 aliphatic rings. The number of piperazine rings is 1. The third kappa shape index (κ3) is 4.13. The zero-order valence-electron chi connectivity index (χ0n) is 15.5. The minimum absolute atomic E-state index is 0.240. The molecular weight excluding hydrogens is 382 g/mol. The fourth-order valence-electron chi connectivity index (χ4n) is 4.11. The number of ether oxygens (including phenoxy) is 1. The first-order valence-electron chi connectivity index (χ1n) is 9.80. The van der Waals surface area contributed by atoms with Crippen molar-refractivity contribution in [2.75, 3.05) is 39.3 Å². The van der Waals surface area contributed by atoms with Gasteiger partial charge in [0.25, 0.3) is 0 Å².